The molecule has 4 rings (SSSR count). The van der Waals surface area contributed by atoms with Crippen LogP contribution in [0.3, 0.4) is 0 Å². The fourth-order valence-electron chi connectivity index (χ4n) is 3.55. The van der Waals surface area contributed by atoms with Crippen LogP contribution >= 0.6 is 11.3 Å². The first kappa shape index (κ1) is 16.8. The van der Waals surface area contributed by atoms with E-state index in [2.05, 4.69) is 15.0 Å². The highest BCUT2D eigenvalue weighted by Crippen LogP contribution is 2.40. The normalized spacial score (nSPS) is 16.6. The molecule has 1 atom stereocenters. The van der Waals surface area contributed by atoms with Gasteiger partial charge in [0, 0.05) is 17.9 Å². The quantitative estimate of drug-likeness (QED) is 0.743. The molecule has 132 valence electrons. The van der Waals surface area contributed by atoms with E-state index in [1.165, 1.54) is 17.4 Å². The lowest BCUT2D eigenvalue weighted by atomic mass is 9.82. The molecule has 0 saturated heterocycles. The van der Waals surface area contributed by atoms with Gasteiger partial charge in [-0.15, -0.1) is 11.3 Å². The predicted molar refractivity (Wildman–Crippen MR) is 98.8 cm³/mol. The van der Waals surface area contributed by atoms with Crippen LogP contribution < -0.4 is 5.73 Å². The monoisotopic (exact) mass is 368 g/mol. The molecule has 0 radical (unpaired) electrons. The van der Waals surface area contributed by atoms with Crippen LogP contribution in [0.25, 0.3) is 10.4 Å². The molecule has 1 aliphatic carbocycles. The minimum absolute atomic E-state index is 0.0163. The first-order valence-electron chi connectivity index (χ1n) is 8.30. The third kappa shape index (κ3) is 2.78. The maximum atomic E-state index is 14.4. The Hall–Kier alpha value is -2.67. The molecule has 3 aromatic rings. The summed E-state index contributed by atoms with van der Waals surface area (Å²) in [7, 11) is 0. The number of carbonyl (C=O) groups excluding carboxylic acids is 1. The fraction of sp³-hybridized carbons (Fsp3) is 0.263. The number of thiazole rings is 1. The Bertz CT molecular complexity index is 1030. The molecule has 1 aromatic carbocycles. The zero-order valence-electron chi connectivity index (χ0n) is 14.4. The van der Waals surface area contributed by atoms with Gasteiger partial charge in [-0.3, -0.25) is 4.79 Å². The Labute approximate surface area is 154 Å². The van der Waals surface area contributed by atoms with E-state index in [0.29, 0.717) is 35.4 Å². The van der Waals surface area contributed by atoms with Crippen LogP contribution in [0, 0.1) is 19.7 Å². The number of hydrogen-bond donors (Lipinski definition) is 1. The second-order valence-corrected chi connectivity index (χ2v) is 7.42. The maximum absolute atomic E-state index is 14.4. The van der Waals surface area contributed by atoms with Crippen LogP contribution in [0.1, 0.15) is 45.3 Å². The topological polar surface area (TPSA) is 81.8 Å². The molecule has 0 spiro atoms. The van der Waals surface area contributed by atoms with E-state index < -0.39 is 0 Å². The van der Waals surface area contributed by atoms with Crippen molar-refractivity contribution in [2.75, 3.05) is 5.73 Å². The number of anilines is 1. The van der Waals surface area contributed by atoms with Crippen LogP contribution in [0.4, 0.5) is 10.3 Å². The molecular formula is C19H17FN4OS. The van der Waals surface area contributed by atoms with Gasteiger partial charge >= 0.3 is 0 Å². The number of Topliss-reactive ketones (excluding diaryl/α,β-unsaturated/α-hetero) is 1. The van der Waals surface area contributed by atoms with E-state index in [-0.39, 0.29) is 23.5 Å². The number of benzene rings is 1. The Balaban J connectivity index is 1.78. The minimum atomic E-state index is -0.286. The van der Waals surface area contributed by atoms with E-state index >= 15 is 0 Å². The number of aryl methyl sites for hydroxylation is 2. The standard InChI is InChI=1S/C19H17FN4OS/c1-9-3-4-13(20)12(5-9)18-17(22-8-26-18)11-6-14-16(15(25)7-11)10(2)23-19(21)24-14/h3-5,8,11H,6-7H2,1-2H3,(H2,21,23,24). The number of hydrogen-bond acceptors (Lipinski definition) is 6. The van der Waals surface area contributed by atoms with Gasteiger partial charge in [0.2, 0.25) is 5.95 Å². The van der Waals surface area contributed by atoms with Gasteiger partial charge in [0.25, 0.3) is 0 Å². The molecule has 0 aliphatic heterocycles. The predicted octanol–water partition coefficient (Wildman–Crippen LogP) is 3.85. The number of ketones is 1. The number of nitrogens with two attached hydrogens (primary N) is 1. The highest BCUT2D eigenvalue weighted by atomic mass is 32.1. The van der Waals surface area contributed by atoms with Gasteiger partial charge in [-0.05, 0) is 32.4 Å². The van der Waals surface area contributed by atoms with Crippen LogP contribution in [0.15, 0.2) is 23.7 Å². The fourth-order valence-corrected chi connectivity index (χ4v) is 4.45. The first-order chi connectivity index (χ1) is 12.4. The molecule has 1 aliphatic rings. The number of nitrogens with zero attached hydrogens (tertiary/aromatic N) is 3. The van der Waals surface area contributed by atoms with Gasteiger partial charge in [0.15, 0.2) is 5.78 Å². The van der Waals surface area contributed by atoms with Crippen LogP contribution in [0.5, 0.6) is 0 Å². The lowest BCUT2D eigenvalue weighted by Crippen LogP contribution is -2.23. The molecule has 2 heterocycles. The summed E-state index contributed by atoms with van der Waals surface area (Å²) < 4.78 is 14.4. The average molecular weight is 368 g/mol. The first-order valence-corrected chi connectivity index (χ1v) is 9.18. The second-order valence-electron chi connectivity index (χ2n) is 6.57. The van der Waals surface area contributed by atoms with Gasteiger partial charge in [0.1, 0.15) is 5.82 Å². The maximum Gasteiger partial charge on any atom is 0.220 e. The summed E-state index contributed by atoms with van der Waals surface area (Å²) in [5.41, 5.74) is 11.5. The zero-order chi connectivity index (χ0) is 18.4. The number of rotatable bonds is 2. The molecule has 0 fully saturated rings. The number of fused-ring (bicyclic) bond motifs is 1. The Morgan fingerprint density at radius 1 is 1.23 bits per heavy atom. The van der Waals surface area contributed by atoms with Gasteiger partial charge in [-0.1, -0.05) is 11.6 Å². The smallest absolute Gasteiger partial charge is 0.220 e. The second kappa shape index (κ2) is 6.25. The lowest BCUT2D eigenvalue weighted by Gasteiger charge is -2.23. The molecule has 1 unspecified atom stereocenters. The molecule has 0 bridgehead atoms. The van der Waals surface area contributed by atoms with Gasteiger partial charge in [0.05, 0.1) is 33.0 Å². The summed E-state index contributed by atoms with van der Waals surface area (Å²) in [5, 5.41) is 0. The summed E-state index contributed by atoms with van der Waals surface area (Å²) in [6.45, 7) is 3.69. The zero-order valence-corrected chi connectivity index (χ0v) is 15.2. The number of nitrogen functional groups attached to an aromatic ring is 1. The molecule has 2 aromatic heterocycles. The van der Waals surface area contributed by atoms with Crippen molar-refractivity contribution in [1.29, 1.82) is 0 Å². The van der Waals surface area contributed by atoms with Crippen molar-refractivity contribution < 1.29 is 9.18 Å². The van der Waals surface area contributed by atoms with E-state index in [1.807, 2.05) is 13.0 Å². The molecule has 26 heavy (non-hydrogen) atoms. The van der Waals surface area contributed by atoms with Crippen molar-refractivity contribution in [3.63, 3.8) is 0 Å². The van der Waals surface area contributed by atoms with Gasteiger partial charge in [-0.2, -0.15) is 0 Å². The third-order valence-electron chi connectivity index (χ3n) is 4.68. The molecule has 5 nitrogen and oxygen atoms in total. The minimum Gasteiger partial charge on any atom is -0.368 e. The summed E-state index contributed by atoms with van der Waals surface area (Å²) >= 11 is 1.39. The van der Waals surface area contributed by atoms with E-state index in [4.69, 9.17) is 5.73 Å². The number of halogens is 1. The molecule has 0 saturated carbocycles. The number of aromatic nitrogens is 3. The van der Waals surface area contributed by atoms with Gasteiger partial charge < -0.3 is 5.73 Å². The SMILES string of the molecule is Cc1ccc(F)c(-c2scnc2C2CC(=O)c3c(C)nc(N)nc3C2)c1. The Morgan fingerprint density at radius 3 is 2.85 bits per heavy atom. The molecule has 7 heteroatoms. The van der Waals surface area contributed by atoms with Crippen molar-refractivity contribution in [2.45, 2.75) is 32.6 Å². The Morgan fingerprint density at radius 2 is 2.04 bits per heavy atom. The highest BCUT2D eigenvalue weighted by Gasteiger charge is 2.32. The van der Waals surface area contributed by atoms with Crippen molar-refractivity contribution in [3.8, 4) is 10.4 Å². The van der Waals surface area contributed by atoms with Crippen molar-refractivity contribution in [3.05, 3.63) is 57.7 Å². The van der Waals surface area contributed by atoms with Crippen LogP contribution in [-0.4, -0.2) is 20.7 Å². The van der Waals surface area contributed by atoms with E-state index in [1.54, 1.807) is 18.5 Å². The summed E-state index contributed by atoms with van der Waals surface area (Å²) in [6.07, 6.45) is 0.851. The largest absolute Gasteiger partial charge is 0.368 e. The van der Waals surface area contributed by atoms with Crippen LogP contribution in [0.2, 0.25) is 0 Å². The van der Waals surface area contributed by atoms with Gasteiger partial charge in [-0.25, -0.2) is 19.3 Å². The van der Waals surface area contributed by atoms with Crippen molar-refractivity contribution in [1.82, 2.24) is 15.0 Å². The lowest BCUT2D eigenvalue weighted by molar-refractivity contribution is 0.0961. The summed E-state index contributed by atoms with van der Waals surface area (Å²) in [4.78, 5) is 26.3. The van der Waals surface area contributed by atoms with Crippen molar-refractivity contribution >= 4 is 23.1 Å². The highest BCUT2D eigenvalue weighted by molar-refractivity contribution is 7.13. The number of carbonyl (C=O) groups is 1. The molecular weight excluding hydrogens is 351 g/mol. The van der Waals surface area contributed by atoms with E-state index in [0.717, 1.165) is 16.1 Å². The summed E-state index contributed by atoms with van der Waals surface area (Å²) in [6, 6.07) is 5.02. The Kier molecular flexibility index (Phi) is 4.03. The molecule has 2 N–H and O–H groups in total. The summed E-state index contributed by atoms with van der Waals surface area (Å²) in [5.74, 6) is -0.286. The van der Waals surface area contributed by atoms with E-state index in [9.17, 15) is 9.18 Å². The van der Waals surface area contributed by atoms with Crippen molar-refractivity contribution in [2.24, 2.45) is 0 Å². The molecule has 0 amide bonds. The third-order valence-corrected chi connectivity index (χ3v) is 5.56. The average Bonchev–Trinajstić information content (AvgIpc) is 3.05. The van der Waals surface area contributed by atoms with Crippen LogP contribution in [-0.2, 0) is 6.42 Å².